The fourth-order valence-electron chi connectivity index (χ4n) is 1.34. The zero-order chi connectivity index (χ0) is 13.5. The molecule has 0 aliphatic rings. The molecule has 3 N–H and O–H groups in total. The van der Waals surface area contributed by atoms with Crippen LogP contribution >= 0.6 is 15.9 Å². The summed E-state index contributed by atoms with van der Waals surface area (Å²) in [4.78, 5) is 10.9. The Hall–Kier alpha value is -1.07. The summed E-state index contributed by atoms with van der Waals surface area (Å²) in [7, 11) is 0. The number of rotatable bonds is 7. The van der Waals surface area contributed by atoms with E-state index < -0.39 is 0 Å². The zero-order valence-electron chi connectivity index (χ0n) is 10.7. The first-order valence-corrected chi connectivity index (χ1v) is 6.75. The fraction of sp³-hybridized carbons (Fsp3) is 0.462. The van der Waals surface area contributed by atoms with Gasteiger partial charge in [-0.3, -0.25) is 4.79 Å². The van der Waals surface area contributed by atoms with Gasteiger partial charge in [0.2, 0.25) is 5.91 Å². The second-order valence-corrected chi connectivity index (χ2v) is 5.00. The van der Waals surface area contributed by atoms with E-state index in [4.69, 9.17) is 10.5 Å². The van der Waals surface area contributed by atoms with Crippen LogP contribution in [-0.4, -0.2) is 19.1 Å². The lowest BCUT2D eigenvalue weighted by Crippen LogP contribution is -2.25. The summed E-state index contributed by atoms with van der Waals surface area (Å²) in [5.74, 6) is 0.116. The van der Waals surface area contributed by atoms with Crippen LogP contribution in [-0.2, 0) is 11.3 Å². The molecule has 5 heteroatoms. The Kier molecular flexibility index (Phi) is 6.15. The normalized spacial score (nSPS) is 12.2. The molecule has 0 saturated heterocycles. The number of amides is 1. The molecular formula is C13H19BrN2O2. The molecule has 1 unspecified atom stereocenters. The van der Waals surface area contributed by atoms with Crippen LogP contribution in [0.4, 0.5) is 0 Å². The van der Waals surface area contributed by atoms with E-state index in [1.807, 2.05) is 18.2 Å². The van der Waals surface area contributed by atoms with Crippen LogP contribution in [0.15, 0.2) is 22.7 Å². The minimum Gasteiger partial charge on any atom is -0.493 e. The van der Waals surface area contributed by atoms with E-state index in [9.17, 15) is 4.79 Å². The molecule has 0 aliphatic heterocycles. The summed E-state index contributed by atoms with van der Waals surface area (Å²) in [5, 5.41) is 3.26. The summed E-state index contributed by atoms with van der Waals surface area (Å²) in [6.45, 7) is 5.80. The van der Waals surface area contributed by atoms with E-state index in [0.717, 1.165) is 28.9 Å². The Bertz CT molecular complexity index is 410. The van der Waals surface area contributed by atoms with Crippen LogP contribution in [0.1, 0.15) is 19.4 Å². The number of ether oxygens (including phenoxy) is 1. The molecule has 0 aliphatic carbocycles. The topological polar surface area (TPSA) is 64.3 Å². The molecule has 1 aromatic carbocycles. The molecule has 1 atom stereocenters. The lowest BCUT2D eigenvalue weighted by Gasteiger charge is -2.12. The summed E-state index contributed by atoms with van der Waals surface area (Å²) in [6, 6.07) is 5.77. The minimum atomic E-state index is -0.347. The van der Waals surface area contributed by atoms with E-state index in [1.165, 1.54) is 0 Å². The first-order valence-electron chi connectivity index (χ1n) is 5.95. The second-order valence-electron chi connectivity index (χ2n) is 4.15. The van der Waals surface area contributed by atoms with Crippen molar-refractivity contribution in [2.45, 2.75) is 20.4 Å². The Morgan fingerprint density at radius 2 is 2.28 bits per heavy atom. The van der Waals surface area contributed by atoms with E-state index >= 15 is 0 Å². The number of benzene rings is 1. The monoisotopic (exact) mass is 314 g/mol. The quantitative estimate of drug-likeness (QED) is 0.809. The van der Waals surface area contributed by atoms with Gasteiger partial charge in [0, 0.05) is 11.0 Å². The molecular weight excluding hydrogens is 296 g/mol. The van der Waals surface area contributed by atoms with Gasteiger partial charge in [-0.2, -0.15) is 0 Å². The van der Waals surface area contributed by atoms with Crippen molar-refractivity contribution in [2.75, 3.05) is 13.2 Å². The molecule has 0 bridgehead atoms. The van der Waals surface area contributed by atoms with E-state index in [-0.39, 0.29) is 11.8 Å². The van der Waals surface area contributed by atoms with Gasteiger partial charge in [-0.25, -0.2) is 0 Å². The minimum absolute atomic E-state index is 0.286. The molecule has 0 heterocycles. The fourth-order valence-corrected chi connectivity index (χ4v) is 1.73. The third-order valence-electron chi connectivity index (χ3n) is 2.57. The third kappa shape index (κ3) is 4.66. The number of hydrogen-bond donors (Lipinski definition) is 2. The zero-order valence-corrected chi connectivity index (χ0v) is 12.3. The van der Waals surface area contributed by atoms with Crippen molar-refractivity contribution >= 4 is 21.8 Å². The van der Waals surface area contributed by atoms with Gasteiger partial charge in [0.15, 0.2) is 0 Å². The maximum Gasteiger partial charge on any atom is 0.223 e. The Labute approximate surface area is 116 Å². The average Bonchev–Trinajstić information content (AvgIpc) is 2.35. The number of carbonyl (C=O) groups is 1. The van der Waals surface area contributed by atoms with Crippen LogP contribution in [0, 0.1) is 5.92 Å². The number of halogens is 1. The molecule has 0 aromatic heterocycles. The van der Waals surface area contributed by atoms with Gasteiger partial charge in [0.1, 0.15) is 5.75 Å². The Morgan fingerprint density at radius 3 is 2.89 bits per heavy atom. The SMILES string of the molecule is CCNCc1cc(OCC(C)C(N)=O)ccc1Br. The highest BCUT2D eigenvalue weighted by molar-refractivity contribution is 9.10. The lowest BCUT2D eigenvalue weighted by molar-refractivity contribution is -0.122. The van der Waals surface area contributed by atoms with Crippen molar-refractivity contribution < 1.29 is 9.53 Å². The van der Waals surface area contributed by atoms with Crippen LogP contribution in [0.25, 0.3) is 0 Å². The highest BCUT2D eigenvalue weighted by Gasteiger charge is 2.10. The van der Waals surface area contributed by atoms with Crippen LogP contribution < -0.4 is 15.8 Å². The van der Waals surface area contributed by atoms with Gasteiger partial charge < -0.3 is 15.8 Å². The van der Waals surface area contributed by atoms with Crippen molar-refractivity contribution in [1.29, 1.82) is 0 Å². The molecule has 0 radical (unpaired) electrons. The average molecular weight is 315 g/mol. The maximum atomic E-state index is 10.9. The molecule has 0 saturated carbocycles. The van der Waals surface area contributed by atoms with Crippen molar-refractivity contribution in [1.82, 2.24) is 5.32 Å². The number of hydrogen-bond acceptors (Lipinski definition) is 3. The first kappa shape index (κ1) is 15.0. The van der Waals surface area contributed by atoms with Gasteiger partial charge in [-0.05, 0) is 30.3 Å². The van der Waals surface area contributed by atoms with Gasteiger partial charge in [0.25, 0.3) is 0 Å². The number of primary amides is 1. The summed E-state index contributed by atoms with van der Waals surface area (Å²) < 4.78 is 6.60. The summed E-state index contributed by atoms with van der Waals surface area (Å²) >= 11 is 3.49. The molecule has 4 nitrogen and oxygen atoms in total. The molecule has 1 amide bonds. The molecule has 1 rings (SSSR count). The van der Waals surface area contributed by atoms with Crippen molar-refractivity contribution in [3.8, 4) is 5.75 Å². The standard InChI is InChI=1S/C13H19BrN2O2/c1-3-16-7-10-6-11(4-5-12(10)14)18-8-9(2)13(15)17/h4-6,9,16H,3,7-8H2,1-2H3,(H2,15,17). The van der Waals surface area contributed by atoms with E-state index in [0.29, 0.717) is 6.61 Å². The lowest BCUT2D eigenvalue weighted by atomic mass is 10.2. The van der Waals surface area contributed by atoms with Crippen LogP contribution in [0.5, 0.6) is 5.75 Å². The number of nitrogens with one attached hydrogen (secondary N) is 1. The highest BCUT2D eigenvalue weighted by Crippen LogP contribution is 2.23. The predicted molar refractivity (Wildman–Crippen MR) is 75.4 cm³/mol. The van der Waals surface area contributed by atoms with Crippen LogP contribution in [0.2, 0.25) is 0 Å². The summed E-state index contributed by atoms with van der Waals surface area (Å²) in [6.07, 6.45) is 0. The smallest absolute Gasteiger partial charge is 0.223 e. The van der Waals surface area contributed by atoms with E-state index in [1.54, 1.807) is 6.92 Å². The second kappa shape index (κ2) is 7.38. The third-order valence-corrected chi connectivity index (χ3v) is 3.34. The number of nitrogens with two attached hydrogens (primary N) is 1. The van der Waals surface area contributed by atoms with Crippen LogP contribution in [0.3, 0.4) is 0 Å². The van der Waals surface area contributed by atoms with E-state index in [2.05, 4.69) is 28.2 Å². The molecule has 0 spiro atoms. The summed E-state index contributed by atoms with van der Waals surface area (Å²) in [5.41, 5.74) is 6.31. The van der Waals surface area contributed by atoms with Gasteiger partial charge >= 0.3 is 0 Å². The molecule has 1 aromatic rings. The first-order chi connectivity index (χ1) is 8.54. The predicted octanol–water partition coefficient (Wildman–Crippen LogP) is 2.06. The Balaban J connectivity index is 2.63. The van der Waals surface area contributed by atoms with Crippen molar-refractivity contribution in [3.63, 3.8) is 0 Å². The largest absolute Gasteiger partial charge is 0.493 e. The van der Waals surface area contributed by atoms with Gasteiger partial charge in [-0.1, -0.05) is 29.8 Å². The molecule has 0 fully saturated rings. The van der Waals surface area contributed by atoms with Crippen molar-refractivity contribution in [3.05, 3.63) is 28.2 Å². The van der Waals surface area contributed by atoms with Gasteiger partial charge in [-0.15, -0.1) is 0 Å². The number of carbonyl (C=O) groups excluding carboxylic acids is 1. The molecule has 100 valence electrons. The Morgan fingerprint density at radius 1 is 1.56 bits per heavy atom. The maximum absolute atomic E-state index is 10.9. The van der Waals surface area contributed by atoms with Crippen molar-refractivity contribution in [2.24, 2.45) is 11.7 Å². The highest BCUT2D eigenvalue weighted by atomic mass is 79.9. The molecule has 18 heavy (non-hydrogen) atoms. The van der Waals surface area contributed by atoms with Gasteiger partial charge in [0.05, 0.1) is 12.5 Å².